The van der Waals surface area contributed by atoms with E-state index in [1.54, 1.807) is 18.4 Å². The standard InChI is InChI=1S/C16H19NO2S/c1-19-12-14-6-4-13(5-7-14)11-17-16(18)9-8-15-3-2-10-20-15/h2-7,10H,8-9,11-12H2,1H3,(H,17,18). The number of aryl methyl sites for hydroxylation is 1. The average molecular weight is 289 g/mol. The predicted molar refractivity (Wildman–Crippen MR) is 81.6 cm³/mol. The van der Waals surface area contributed by atoms with Crippen LogP contribution in [0.5, 0.6) is 0 Å². The van der Waals surface area contributed by atoms with Crippen molar-refractivity contribution in [3.05, 3.63) is 57.8 Å². The van der Waals surface area contributed by atoms with E-state index < -0.39 is 0 Å². The van der Waals surface area contributed by atoms with Crippen molar-refractivity contribution >= 4 is 17.2 Å². The first-order valence-corrected chi connectivity index (χ1v) is 7.52. The Bertz CT molecular complexity index is 520. The Kier molecular flexibility index (Phi) is 5.77. The number of hydrogen-bond donors (Lipinski definition) is 1. The number of carbonyl (C=O) groups excluding carboxylic acids is 1. The van der Waals surface area contributed by atoms with Crippen molar-refractivity contribution in [2.45, 2.75) is 26.0 Å². The Morgan fingerprint density at radius 3 is 2.60 bits per heavy atom. The molecule has 0 fully saturated rings. The molecule has 0 unspecified atom stereocenters. The van der Waals surface area contributed by atoms with Crippen LogP contribution in [-0.2, 0) is 29.1 Å². The average Bonchev–Trinajstić information content (AvgIpc) is 2.98. The second kappa shape index (κ2) is 7.82. The lowest BCUT2D eigenvalue weighted by Crippen LogP contribution is -2.22. The zero-order valence-corrected chi connectivity index (χ0v) is 12.4. The van der Waals surface area contributed by atoms with Crippen LogP contribution in [0.4, 0.5) is 0 Å². The number of amides is 1. The number of rotatable bonds is 7. The van der Waals surface area contributed by atoms with E-state index in [-0.39, 0.29) is 5.91 Å². The lowest BCUT2D eigenvalue weighted by atomic mass is 10.1. The van der Waals surface area contributed by atoms with Gasteiger partial charge in [-0.15, -0.1) is 11.3 Å². The van der Waals surface area contributed by atoms with Crippen LogP contribution in [0.15, 0.2) is 41.8 Å². The summed E-state index contributed by atoms with van der Waals surface area (Å²) in [7, 11) is 1.68. The minimum absolute atomic E-state index is 0.0966. The number of ether oxygens (including phenoxy) is 1. The second-order valence-corrected chi connectivity index (χ2v) is 5.64. The summed E-state index contributed by atoms with van der Waals surface area (Å²) in [6.07, 6.45) is 1.36. The molecule has 0 saturated carbocycles. The van der Waals surface area contributed by atoms with Crippen LogP contribution in [0.1, 0.15) is 22.4 Å². The number of thiophene rings is 1. The number of carbonyl (C=O) groups is 1. The number of nitrogens with one attached hydrogen (secondary N) is 1. The molecule has 0 saturated heterocycles. The summed E-state index contributed by atoms with van der Waals surface area (Å²) < 4.78 is 5.06. The van der Waals surface area contributed by atoms with Crippen molar-refractivity contribution in [2.24, 2.45) is 0 Å². The number of benzene rings is 1. The largest absolute Gasteiger partial charge is 0.380 e. The molecule has 1 heterocycles. The summed E-state index contributed by atoms with van der Waals surface area (Å²) in [5, 5.41) is 4.98. The highest BCUT2D eigenvalue weighted by atomic mass is 32.1. The van der Waals surface area contributed by atoms with Gasteiger partial charge in [-0.1, -0.05) is 30.3 Å². The van der Waals surface area contributed by atoms with Crippen molar-refractivity contribution in [1.29, 1.82) is 0 Å². The molecule has 1 aromatic carbocycles. The van der Waals surface area contributed by atoms with Gasteiger partial charge in [0, 0.05) is 25.0 Å². The van der Waals surface area contributed by atoms with Gasteiger partial charge in [0.25, 0.3) is 0 Å². The van der Waals surface area contributed by atoms with E-state index in [1.165, 1.54) is 4.88 Å². The van der Waals surface area contributed by atoms with E-state index in [0.717, 1.165) is 17.5 Å². The van der Waals surface area contributed by atoms with Gasteiger partial charge in [-0.3, -0.25) is 4.79 Å². The van der Waals surface area contributed by atoms with Crippen LogP contribution >= 0.6 is 11.3 Å². The number of methoxy groups -OCH3 is 1. The zero-order valence-electron chi connectivity index (χ0n) is 11.6. The maximum atomic E-state index is 11.8. The van der Waals surface area contributed by atoms with Crippen LogP contribution in [0.2, 0.25) is 0 Å². The Labute approximate surface area is 123 Å². The Morgan fingerprint density at radius 2 is 1.95 bits per heavy atom. The summed E-state index contributed by atoms with van der Waals surface area (Å²) in [4.78, 5) is 13.0. The smallest absolute Gasteiger partial charge is 0.220 e. The molecule has 2 aromatic rings. The molecular weight excluding hydrogens is 270 g/mol. The lowest BCUT2D eigenvalue weighted by molar-refractivity contribution is -0.121. The molecule has 1 amide bonds. The molecule has 20 heavy (non-hydrogen) atoms. The van der Waals surface area contributed by atoms with Crippen LogP contribution in [0, 0.1) is 0 Å². The highest BCUT2D eigenvalue weighted by molar-refractivity contribution is 7.09. The Hall–Kier alpha value is -1.65. The van der Waals surface area contributed by atoms with Gasteiger partial charge in [-0.05, 0) is 29.0 Å². The van der Waals surface area contributed by atoms with Gasteiger partial charge in [0.2, 0.25) is 5.91 Å². The SMILES string of the molecule is COCc1ccc(CNC(=O)CCc2cccs2)cc1. The Balaban J connectivity index is 1.72. The van der Waals surface area contributed by atoms with Gasteiger partial charge >= 0.3 is 0 Å². The zero-order chi connectivity index (χ0) is 14.2. The lowest BCUT2D eigenvalue weighted by Gasteiger charge is -2.06. The monoisotopic (exact) mass is 289 g/mol. The first-order valence-electron chi connectivity index (χ1n) is 6.64. The van der Waals surface area contributed by atoms with Crippen LogP contribution < -0.4 is 5.32 Å². The minimum Gasteiger partial charge on any atom is -0.380 e. The highest BCUT2D eigenvalue weighted by Gasteiger charge is 2.03. The molecule has 0 radical (unpaired) electrons. The molecule has 0 aliphatic heterocycles. The third kappa shape index (κ3) is 4.79. The normalized spacial score (nSPS) is 10.4. The van der Waals surface area contributed by atoms with Crippen molar-refractivity contribution in [1.82, 2.24) is 5.32 Å². The van der Waals surface area contributed by atoms with Crippen LogP contribution in [-0.4, -0.2) is 13.0 Å². The van der Waals surface area contributed by atoms with Crippen molar-refractivity contribution in [3.63, 3.8) is 0 Å². The van der Waals surface area contributed by atoms with Crippen molar-refractivity contribution in [2.75, 3.05) is 7.11 Å². The number of hydrogen-bond acceptors (Lipinski definition) is 3. The molecular formula is C16H19NO2S. The predicted octanol–water partition coefficient (Wildman–Crippen LogP) is 3.14. The van der Waals surface area contributed by atoms with Gasteiger partial charge in [-0.25, -0.2) is 0 Å². The minimum atomic E-state index is 0.0966. The van der Waals surface area contributed by atoms with Crippen molar-refractivity contribution in [3.8, 4) is 0 Å². The molecule has 1 aromatic heterocycles. The van der Waals surface area contributed by atoms with Gasteiger partial charge < -0.3 is 10.1 Å². The summed E-state index contributed by atoms with van der Waals surface area (Å²) in [5.41, 5.74) is 2.24. The maximum Gasteiger partial charge on any atom is 0.220 e. The first kappa shape index (κ1) is 14.8. The molecule has 0 aliphatic rings. The second-order valence-electron chi connectivity index (χ2n) is 4.61. The third-order valence-electron chi connectivity index (χ3n) is 3.00. The molecule has 0 aliphatic carbocycles. The maximum absolute atomic E-state index is 11.8. The fourth-order valence-corrected chi connectivity index (χ4v) is 2.61. The van der Waals surface area contributed by atoms with E-state index in [0.29, 0.717) is 19.6 Å². The summed E-state index contributed by atoms with van der Waals surface area (Å²) in [6.45, 7) is 1.20. The quantitative estimate of drug-likeness (QED) is 0.850. The fraction of sp³-hybridized carbons (Fsp3) is 0.312. The first-order chi connectivity index (χ1) is 9.78. The summed E-state index contributed by atoms with van der Waals surface area (Å²) in [5.74, 6) is 0.0966. The van der Waals surface area contributed by atoms with Gasteiger partial charge in [0.15, 0.2) is 0 Å². The third-order valence-corrected chi connectivity index (χ3v) is 3.94. The highest BCUT2D eigenvalue weighted by Crippen LogP contribution is 2.11. The van der Waals surface area contributed by atoms with E-state index in [4.69, 9.17) is 4.74 Å². The molecule has 0 spiro atoms. The van der Waals surface area contributed by atoms with Gasteiger partial charge in [0.05, 0.1) is 6.61 Å². The van der Waals surface area contributed by atoms with E-state index in [9.17, 15) is 4.79 Å². The van der Waals surface area contributed by atoms with Crippen LogP contribution in [0.25, 0.3) is 0 Å². The van der Waals surface area contributed by atoms with Crippen LogP contribution in [0.3, 0.4) is 0 Å². The molecule has 106 valence electrons. The molecule has 0 bridgehead atoms. The topological polar surface area (TPSA) is 38.3 Å². The molecule has 1 N–H and O–H groups in total. The van der Waals surface area contributed by atoms with Gasteiger partial charge in [0.1, 0.15) is 0 Å². The van der Waals surface area contributed by atoms with E-state index in [1.807, 2.05) is 35.7 Å². The summed E-state index contributed by atoms with van der Waals surface area (Å²) >= 11 is 1.69. The van der Waals surface area contributed by atoms with Gasteiger partial charge in [-0.2, -0.15) is 0 Å². The Morgan fingerprint density at radius 1 is 1.20 bits per heavy atom. The van der Waals surface area contributed by atoms with Crippen molar-refractivity contribution < 1.29 is 9.53 Å². The molecule has 0 atom stereocenters. The molecule has 2 rings (SSSR count). The summed E-state index contributed by atoms with van der Waals surface area (Å²) in [6, 6.07) is 12.2. The molecule has 3 nitrogen and oxygen atoms in total. The molecule has 4 heteroatoms. The van der Waals surface area contributed by atoms with E-state index >= 15 is 0 Å². The fourth-order valence-electron chi connectivity index (χ4n) is 1.90. The van der Waals surface area contributed by atoms with E-state index in [2.05, 4.69) is 11.4 Å².